The molecule has 3 unspecified atom stereocenters. The molecule has 2 nitrogen and oxygen atoms in total. The van der Waals surface area contributed by atoms with Gasteiger partial charge >= 0.3 is 0 Å². The van der Waals surface area contributed by atoms with E-state index in [-0.39, 0.29) is 0 Å². The summed E-state index contributed by atoms with van der Waals surface area (Å²) in [6.07, 6.45) is 5.59. The zero-order valence-electron chi connectivity index (χ0n) is 11.9. The van der Waals surface area contributed by atoms with Gasteiger partial charge in [-0.1, -0.05) is 20.8 Å². The SMILES string of the molecule is CCC1CCN(CC(C)C2CC2)CC(C)CN1. The van der Waals surface area contributed by atoms with Crippen LogP contribution in [0.1, 0.15) is 46.5 Å². The number of rotatable bonds is 4. The highest BCUT2D eigenvalue weighted by Gasteiger charge is 2.29. The Morgan fingerprint density at radius 3 is 2.71 bits per heavy atom. The van der Waals surface area contributed by atoms with Crippen molar-refractivity contribution >= 4 is 0 Å². The molecule has 0 amide bonds. The highest BCUT2D eigenvalue weighted by atomic mass is 15.1. The maximum atomic E-state index is 3.70. The van der Waals surface area contributed by atoms with Gasteiger partial charge < -0.3 is 10.2 Å². The van der Waals surface area contributed by atoms with Crippen molar-refractivity contribution in [3.63, 3.8) is 0 Å². The first-order chi connectivity index (χ1) is 8.19. The molecule has 1 N–H and O–H groups in total. The largest absolute Gasteiger partial charge is 0.314 e. The van der Waals surface area contributed by atoms with Crippen molar-refractivity contribution < 1.29 is 0 Å². The number of nitrogens with one attached hydrogen (secondary N) is 1. The van der Waals surface area contributed by atoms with Crippen LogP contribution in [0.4, 0.5) is 0 Å². The van der Waals surface area contributed by atoms with Gasteiger partial charge in [-0.2, -0.15) is 0 Å². The zero-order valence-corrected chi connectivity index (χ0v) is 11.9. The topological polar surface area (TPSA) is 15.3 Å². The third-order valence-corrected chi connectivity index (χ3v) is 4.58. The summed E-state index contributed by atoms with van der Waals surface area (Å²) in [6.45, 7) is 12.3. The third-order valence-electron chi connectivity index (χ3n) is 4.58. The Morgan fingerprint density at radius 1 is 1.29 bits per heavy atom. The van der Waals surface area contributed by atoms with Crippen molar-refractivity contribution in [2.24, 2.45) is 17.8 Å². The van der Waals surface area contributed by atoms with E-state index in [1.807, 2.05) is 0 Å². The highest BCUT2D eigenvalue weighted by Crippen LogP contribution is 2.37. The minimum atomic E-state index is 0.747. The van der Waals surface area contributed by atoms with E-state index in [2.05, 4.69) is 31.0 Å². The molecule has 0 bridgehead atoms. The van der Waals surface area contributed by atoms with Gasteiger partial charge in [-0.05, 0) is 56.5 Å². The van der Waals surface area contributed by atoms with Crippen LogP contribution >= 0.6 is 0 Å². The van der Waals surface area contributed by atoms with Crippen LogP contribution in [-0.4, -0.2) is 37.1 Å². The molecule has 2 heteroatoms. The maximum Gasteiger partial charge on any atom is 0.00767 e. The molecule has 2 fully saturated rings. The van der Waals surface area contributed by atoms with Gasteiger partial charge in [0.1, 0.15) is 0 Å². The van der Waals surface area contributed by atoms with Crippen molar-refractivity contribution in [1.29, 1.82) is 0 Å². The molecule has 0 aromatic rings. The van der Waals surface area contributed by atoms with Crippen LogP contribution in [-0.2, 0) is 0 Å². The van der Waals surface area contributed by atoms with Crippen LogP contribution in [0.25, 0.3) is 0 Å². The van der Waals surface area contributed by atoms with Gasteiger partial charge in [-0.25, -0.2) is 0 Å². The van der Waals surface area contributed by atoms with Crippen LogP contribution < -0.4 is 5.32 Å². The van der Waals surface area contributed by atoms with Gasteiger partial charge in [-0.15, -0.1) is 0 Å². The first-order valence-corrected chi connectivity index (χ1v) is 7.64. The fourth-order valence-corrected chi connectivity index (χ4v) is 3.14. The molecule has 0 aromatic carbocycles. The lowest BCUT2D eigenvalue weighted by molar-refractivity contribution is 0.170. The monoisotopic (exact) mass is 238 g/mol. The standard InChI is InChI=1S/C15H30N2/c1-4-15-7-8-17(10-12(2)9-16-15)11-13(3)14-5-6-14/h12-16H,4-11H2,1-3H3. The minimum Gasteiger partial charge on any atom is -0.314 e. The first kappa shape index (κ1) is 13.4. The van der Waals surface area contributed by atoms with Gasteiger partial charge in [-0.3, -0.25) is 0 Å². The molecule has 2 aliphatic rings. The molecule has 2 rings (SSSR count). The van der Waals surface area contributed by atoms with E-state index < -0.39 is 0 Å². The summed E-state index contributed by atoms with van der Waals surface area (Å²) >= 11 is 0. The second-order valence-corrected chi connectivity index (χ2v) is 6.48. The molecular formula is C15H30N2. The molecule has 3 atom stereocenters. The van der Waals surface area contributed by atoms with Crippen LogP contribution in [0.3, 0.4) is 0 Å². The van der Waals surface area contributed by atoms with Crippen LogP contribution in [0.2, 0.25) is 0 Å². The Kier molecular flexibility index (Phi) is 4.87. The molecule has 1 aliphatic heterocycles. The maximum absolute atomic E-state index is 3.70. The molecule has 0 spiro atoms. The van der Waals surface area contributed by atoms with Gasteiger partial charge in [0.25, 0.3) is 0 Å². The molecule has 100 valence electrons. The van der Waals surface area contributed by atoms with E-state index in [1.54, 1.807) is 0 Å². The predicted molar refractivity (Wildman–Crippen MR) is 74.2 cm³/mol. The summed E-state index contributed by atoms with van der Waals surface area (Å²) in [5.41, 5.74) is 0. The van der Waals surface area contributed by atoms with Gasteiger partial charge in [0.2, 0.25) is 0 Å². The Labute approximate surface area is 107 Å². The predicted octanol–water partition coefficient (Wildman–Crippen LogP) is 2.74. The quantitative estimate of drug-likeness (QED) is 0.810. The van der Waals surface area contributed by atoms with Gasteiger partial charge in [0, 0.05) is 19.1 Å². The minimum absolute atomic E-state index is 0.747. The van der Waals surface area contributed by atoms with E-state index in [0.29, 0.717) is 0 Å². The van der Waals surface area contributed by atoms with Crippen molar-refractivity contribution in [1.82, 2.24) is 10.2 Å². The lowest BCUT2D eigenvalue weighted by atomic mass is 10.0. The highest BCUT2D eigenvalue weighted by molar-refractivity contribution is 4.82. The first-order valence-electron chi connectivity index (χ1n) is 7.64. The summed E-state index contributed by atoms with van der Waals surface area (Å²) < 4.78 is 0. The average molecular weight is 238 g/mol. The average Bonchev–Trinajstić information content (AvgIpc) is 3.10. The summed E-state index contributed by atoms with van der Waals surface area (Å²) in [7, 11) is 0. The molecule has 1 saturated carbocycles. The summed E-state index contributed by atoms with van der Waals surface area (Å²) in [5.74, 6) is 2.78. The van der Waals surface area contributed by atoms with E-state index in [9.17, 15) is 0 Å². The van der Waals surface area contributed by atoms with Crippen LogP contribution in [0, 0.1) is 17.8 Å². The Bertz CT molecular complexity index is 225. The van der Waals surface area contributed by atoms with Crippen molar-refractivity contribution in [2.75, 3.05) is 26.2 Å². The lowest BCUT2D eigenvalue weighted by Crippen LogP contribution is -2.44. The third kappa shape index (κ3) is 4.26. The van der Waals surface area contributed by atoms with E-state index in [1.165, 1.54) is 51.9 Å². The van der Waals surface area contributed by atoms with Crippen LogP contribution in [0.5, 0.6) is 0 Å². The number of nitrogens with zero attached hydrogens (tertiary/aromatic N) is 1. The van der Waals surface area contributed by atoms with E-state index >= 15 is 0 Å². The fourth-order valence-electron chi connectivity index (χ4n) is 3.14. The van der Waals surface area contributed by atoms with Gasteiger partial charge in [0.05, 0.1) is 0 Å². The molecule has 0 radical (unpaired) electrons. The van der Waals surface area contributed by atoms with Crippen molar-refractivity contribution in [2.45, 2.75) is 52.5 Å². The Hall–Kier alpha value is -0.0800. The molecular weight excluding hydrogens is 208 g/mol. The molecule has 17 heavy (non-hydrogen) atoms. The Morgan fingerprint density at radius 2 is 2.06 bits per heavy atom. The lowest BCUT2D eigenvalue weighted by Gasteiger charge is -2.33. The fraction of sp³-hybridized carbons (Fsp3) is 1.00. The molecule has 0 aromatic heterocycles. The Balaban J connectivity index is 1.81. The molecule has 1 aliphatic carbocycles. The molecule has 1 heterocycles. The molecule has 1 saturated heterocycles. The number of hydrogen-bond donors (Lipinski definition) is 1. The smallest absolute Gasteiger partial charge is 0.00767 e. The second kappa shape index (κ2) is 6.19. The van der Waals surface area contributed by atoms with Gasteiger partial charge in [0.15, 0.2) is 0 Å². The van der Waals surface area contributed by atoms with Crippen LogP contribution in [0.15, 0.2) is 0 Å². The van der Waals surface area contributed by atoms with E-state index in [4.69, 9.17) is 0 Å². The van der Waals surface area contributed by atoms with E-state index in [0.717, 1.165) is 23.8 Å². The van der Waals surface area contributed by atoms with Crippen molar-refractivity contribution in [3.8, 4) is 0 Å². The summed E-state index contributed by atoms with van der Waals surface area (Å²) in [4.78, 5) is 2.73. The second-order valence-electron chi connectivity index (χ2n) is 6.48. The number of hydrogen-bond acceptors (Lipinski definition) is 2. The van der Waals surface area contributed by atoms with Crippen molar-refractivity contribution in [3.05, 3.63) is 0 Å². The summed E-state index contributed by atoms with van der Waals surface area (Å²) in [5, 5.41) is 3.70. The summed E-state index contributed by atoms with van der Waals surface area (Å²) in [6, 6.07) is 0.747. The normalized spacial score (nSPS) is 34.1. The zero-order chi connectivity index (χ0) is 12.3.